The van der Waals surface area contributed by atoms with E-state index in [4.69, 9.17) is 4.74 Å². The van der Waals surface area contributed by atoms with Gasteiger partial charge < -0.3 is 10.1 Å². The Bertz CT molecular complexity index is 366. The number of amides is 1. The standard InChI is InChI=1S/C12H16FNO2/c1-3-14-12(15)6-7-16-10-4-5-11(13)9(2)8-10/h4-5,8H,3,6-7H2,1-2H3,(H,14,15). The van der Waals surface area contributed by atoms with Crippen molar-refractivity contribution in [3.8, 4) is 5.75 Å². The van der Waals surface area contributed by atoms with Crippen LogP contribution in [-0.4, -0.2) is 19.1 Å². The van der Waals surface area contributed by atoms with Crippen molar-refractivity contribution in [2.45, 2.75) is 20.3 Å². The van der Waals surface area contributed by atoms with Crippen LogP contribution in [0.2, 0.25) is 0 Å². The lowest BCUT2D eigenvalue weighted by atomic mass is 10.2. The summed E-state index contributed by atoms with van der Waals surface area (Å²) >= 11 is 0. The highest BCUT2D eigenvalue weighted by Crippen LogP contribution is 2.15. The molecule has 1 rings (SSSR count). The SMILES string of the molecule is CCNC(=O)CCOc1ccc(F)c(C)c1. The number of hydrogen-bond donors (Lipinski definition) is 1. The van der Waals surface area contributed by atoms with Crippen molar-refractivity contribution in [2.75, 3.05) is 13.2 Å². The number of halogens is 1. The van der Waals surface area contributed by atoms with Crippen LogP contribution in [0, 0.1) is 12.7 Å². The Labute approximate surface area is 94.6 Å². The molecular weight excluding hydrogens is 209 g/mol. The van der Waals surface area contributed by atoms with E-state index in [-0.39, 0.29) is 11.7 Å². The topological polar surface area (TPSA) is 38.3 Å². The van der Waals surface area contributed by atoms with Gasteiger partial charge in [0.15, 0.2) is 0 Å². The first-order valence-electron chi connectivity index (χ1n) is 5.29. The minimum absolute atomic E-state index is 0.0404. The molecule has 0 saturated heterocycles. The van der Waals surface area contributed by atoms with Gasteiger partial charge in [-0.25, -0.2) is 4.39 Å². The maximum absolute atomic E-state index is 12.9. The van der Waals surface area contributed by atoms with Crippen LogP contribution in [0.4, 0.5) is 4.39 Å². The lowest BCUT2D eigenvalue weighted by Crippen LogP contribution is -2.24. The van der Waals surface area contributed by atoms with Crippen LogP contribution in [0.5, 0.6) is 5.75 Å². The molecular formula is C12H16FNO2. The molecule has 0 heterocycles. The monoisotopic (exact) mass is 225 g/mol. The Morgan fingerprint density at radius 3 is 2.88 bits per heavy atom. The third-order valence-corrected chi connectivity index (χ3v) is 2.10. The van der Waals surface area contributed by atoms with Crippen molar-refractivity contribution in [1.82, 2.24) is 5.32 Å². The second-order valence-corrected chi connectivity index (χ2v) is 3.46. The molecule has 1 amide bonds. The van der Waals surface area contributed by atoms with Crippen molar-refractivity contribution in [1.29, 1.82) is 0 Å². The van der Waals surface area contributed by atoms with E-state index in [1.165, 1.54) is 6.07 Å². The van der Waals surface area contributed by atoms with Gasteiger partial charge in [-0.05, 0) is 37.6 Å². The van der Waals surface area contributed by atoms with Gasteiger partial charge in [-0.2, -0.15) is 0 Å². The Balaban J connectivity index is 2.37. The molecule has 1 aromatic rings. The van der Waals surface area contributed by atoms with E-state index in [2.05, 4.69) is 5.32 Å². The highest BCUT2D eigenvalue weighted by molar-refractivity contribution is 5.75. The number of carbonyl (C=O) groups excluding carboxylic acids is 1. The maximum atomic E-state index is 12.9. The van der Waals surface area contributed by atoms with Gasteiger partial charge in [-0.15, -0.1) is 0 Å². The smallest absolute Gasteiger partial charge is 0.223 e. The maximum Gasteiger partial charge on any atom is 0.223 e. The van der Waals surface area contributed by atoms with E-state index in [0.717, 1.165) is 0 Å². The molecule has 1 aromatic carbocycles. The first-order valence-corrected chi connectivity index (χ1v) is 5.29. The van der Waals surface area contributed by atoms with Crippen LogP contribution in [-0.2, 0) is 4.79 Å². The number of rotatable bonds is 5. The summed E-state index contributed by atoms with van der Waals surface area (Å²) in [5.41, 5.74) is 0.538. The predicted octanol–water partition coefficient (Wildman–Crippen LogP) is 2.04. The lowest BCUT2D eigenvalue weighted by molar-refractivity contribution is -0.121. The predicted molar refractivity (Wildman–Crippen MR) is 59.9 cm³/mol. The number of carbonyl (C=O) groups is 1. The highest BCUT2D eigenvalue weighted by Gasteiger charge is 2.02. The fourth-order valence-corrected chi connectivity index (χ4v) is 1.25. The second kappa shape index (κ2) is 6.10. The first kappa shape index (κ1) is 12.5. The Kier molecular flexibility index (Phi) is 4.76. The van der Waals surface area contributed by atoms with Crippen molar-refractivity contribution in [3.63, 3.8) is 0 Å². The zero-order valence-corrected chi connectivity index (χ0v) is 9.55. The zero-order valence-electron chi connectivity index (χ0n) is 9.55. The molecule has 0 aromatic heterocycles. The van der Waals surface area contributed by atoms with E-state index in [1.54, 1.807) is 19.1 Å². The molecule has 0 unspecified atom stereocenters. The van der Waals surface area contributed by atoms with E-state index in [1.807, 2.05) is 6.92 Å². The molecule has 0 aliphatic carbocycles. The van der Waals surface area contributed by atoms with Crippen LogP contribution in [0.1, 0.15) is 18.9 Å². The number of nitrogens with one attached hydrogen (secondary N) is 1. The van der Waals surface area contributed by atoms with E-state index < -0.39 is 0 Å². The number of hydrogen-bond acceptors (Lipinski definition) is 2. The molecule has 0 saturated carbocycles. The van der Waals surface area contributed by atoms with Gasteiger partial charge in [-0.1, -0.05) is 0 Å². The molecule has 0 spiro atoms. The largest absolute Gasteiger partial charge is 0.493 e. The lowest BCUT2D eigenvalue weighted by Gasteiger charge is -2.07. The van der Waals surface area contributed by atoms with Crippen LogP contribution in [0.3, 0.4) is 0 Å². The number of benzene rings is 1. The summed E-state index contributed by atoms with van der Waals surface area (Å²) in [7, 11) is 0. The van der Waals surface area contributed by atoms with Gasteiger partial charge in [0.1, 0.15) is 11.6 Å². The molecule has 0 radical (unpaired) electrons. The van der Waals surface area contributed by atoms with Crippen LogP contribution < -0.4 is 10.1 Å². The molecule has 0 aliphatic rings. The van der Waals surface area contributed by atoms with Gasteiger partial charge >= 0.3 is 0 Å². The second-order valence-electron chi connectivity index (χ2n) is 3.46. The van der Waals surface area contributed by atoms with Crippen LogP contribution in [0.25, 0.3) is 0 Å². The van der Waals surface area contributed by atoms with E-state index in [0.29, 0.717) is 30.9 Å². The van der Waals surface area contributed by atoms with Crippen LogP contribution >= 0.6 is 0 Å². The number of ether oxygens (including phenoxy) is 1. The molecule has 0 atom stereocenters. The third kappa shape index (κ3) is 3.88. The van der Waals surface area contributed by atoms with Gasteiger partial charge in [0.05, 0.1) is 13.0 Å². The fourth-order valence-electron chi connectivity index (χ4n) is 1.25. The van der Waals surface area contributed by atoms with Crippen molar-refractivity contribution in [2.24, 2.45) is 0 Å². The van der Waals surface area contributed by atoms with E-state index in [9.17, 15) is 9.18 Å². The van der Waals surface area contributed by atoms with Gasteiger partial charge in [0, 0.05) is 6.54 Å². The van der Waals surface area contributed by atoms with Crippen LogP contribution in [0.15, 0.2) is 18.2 Å². The van der Waals surface area contributed by atoms with Gasteiger partial charge in [-0.3, -0.25) is 4.79 Å². The summed E-state index contributed by atoms with van der Waals surface area (Å²) in [5, 5.41) is 2.67. The molecule has 0 fully saturated rings. The summed E-state index contributed by atoms with van der Waals surface area (Å²) in [6.45, 7) is 4.46. The third-order valence-electron chi connectivity index (χ3n) is 2.10. The molecule has 0 bridgehead atoms. The molecule has 1 N–H and O–H groups in total. The van der Waals surface area contributed by atoms with Gasteiger partial charge in [0.2, 0.25) is 5.91 Å². The minimum atomic E-state index is -0.254. The molecule has 0 aliphatic heterocycles. The average Bonchev–Trinajstić information content (AvgIpc) is 2.24. The quantitative estimate of drug-likeness (QED) is 0.832. The summed E-state index contributed by atoms with van der Waals surface area (Å²) in [6.07, 6.45) is 0.310. The summed E-state index contributed by atoms with van der Waals surface area (Å²) in [4.78, 5) is 11.1. The zero-order chi connectivity index (χ0) is 12.0. The van der Waals surface area contributed by atoms with Gasteiger partial charge in [0.25, 0.3) is 0 Å². The Morgan fingerprint density at radius 2 is 2.25 bits per heavy atom. The highest BCUT2D eigenvalue weighted by atomic mass is 19.1. The normalized spacial score (nSPS) is 9.94. The average molecular weight is 225 g/mol. The molecule has 16 heavy (non-hydrogen) atoms. The molecule has 88 valence electrons. The molecule has 3 nitrogen and oxygen atoms in total. The van der Waals surface area contributed by atoms with Crippen molar-refractivity contribution < 1.29 is 13.9 Å². The summed E-state index contributed by atoms with van der Waals surface area (Å²) < 4.78 is 18.3. The minimum Gasteiger partial charge on any atom is -0.493 e. The summed E-state index contributed by atoms with van der Waals surface area (Å²) in [5.74, 6) is 0.292. The van der Waals surface area contributed by atoms with E-state index >= 15 is 0 Å². The van der Waals surface area contributed by atoms with Crippen molar-refractivity contribution >= 4 is 5.91 Å². The fraction of sp³-hybridized carbons (Fsp3) is 0.417. The number of aryl methyl sites for hydroxylation is 1. The summed E-state index contributed by atoms with van der Waals surface area (Å²) in [6, 6.07) is 4.53. The molecule has 4 heteroatoms. The Hall–Kier alpha value is -1.58. The Morgan fingerprint density at radius 1 is 1.50 bits per heavy atom. The van der Waals surface area contributed by atoms with Crippen molar-refractivity contribution in [3.05, 3.63) is 29.6 Å². The first-order chi connectivity index (χ1) is 7.63.